The van der Waals surface area contributed by atoms with Gasteiger partial charge in [0.25, 0.3) is 0 Å². The van der Waals surface area contributed by atoms with Crippen LogP contribution in [0.15, 0.2) is 52.5 Å². The van der Waals surface area contributed by atoms with Crippen molar-refractivity contribution in [2.24, 2.45) is 5.92 Å². The lowest BCUT2D eigenvalue weighted by atomic mass is 10.2. The third-order valence-corrected chi connectivity index (χ3v) is 6.27. The maximum Gasteiger partial charge on any atom is 0.406 e. The van der Waals surface area contributed by atoms with Crippen LogP contribution in [0.4, 0.5) is 13.2 Å². The van der Waals surface area contributed by atoms with Crippen molar-refractivity contribution in [2.45, 2.75) is 43.7 Å². The zero-order chi connectivity index (χ0) is 22.7. The molecule has 1 aliphatic rings. The monoisotopic (exact) mass is 465 g/mol. The molecule has 1 fully saturated rings. The standard InChI is InChI=1S/C21H22F3N5O2S/c1-14(15-6-7-15)29(13-21(22,23)24)18(30)12-32-20-27-26-19(16-4-2-8-25-10-16)28(20)11-17-5-3-9-31-17/h2-5,8-10,14-15H,6-7,11-13H2,1H3. The number of aromatic nitrogens is 4. The van der Waals surface area contributed by atoms with E-state index in [9.17, 15) is 18.0 Å². The SMILES string of the molecule is CC(C1CC1)N(CC(F)(F)F)C(=O)CSc1nnc(-c2cccnc2)n1Cc1ccco1. The topological polar surface area (TPSA) is 77.1 Å². The summed E-state index contributed by atoms with van der Waals surface area (Å²) in [4.78, 5) is 17.8. The van der Waals surface area contributed by atoms with Gasteiger partial charge in [-0.2, -0.15) is 13.2 Å². The van der Waals surface area contributed by atoms with Gasteiger partial charge >= 0.3 is 6.18 Å². The molecule has 0 aromatic carbocycles. The highest BCUT2D eigenvalue weighted by Gasteiger charge is 2.40. The fourth-order valence-corrected chi connectivity index (χ4v) is 4.32. The molecule has 0 bridgehead atoms. The lowest BCUT2D eigenvalue weighted by Gasteiger charge is -2.30. The molecule has 0 aliphatic heterocycles. The molecule has 0 radical (unpaired) electrons. The summed E-state index contributed by atoms with van der Waals surface area (Å²) in [5, 5.41) is 8.83. The maximum atomic E-state index is 13.1. The minimum absolute atomic E-state index is 0.131. The minimum Gasteiger partial charge on any atom is -0.467 e. The number of carbonyl (C=O) groups is 1. The average Bonchev–Trinajstić information content (AvgIpc) is 3.35. The van der Waals surface area contributed by atoms with Crippen LogP contribution < -0.4 is 0 Å². The highest BCUT2D eigenvalue weighted by Crippen LogP contribution is 2.36. The van der Waals surface area contributed by atoms with E-state index < -0.39 is 24.7 Å². The zero-order valence-electron chi connectivity index (χ0n) is 17.3. The van der Waals surface area contributed by atoms with Crippen LogP contribution in [-0.4, -0.2) is 55.1 Å². The van der Waals surface area contributed by atoms with Crippen LogP contribution in [0, 0.1) is 5.92 Å². The summed E-state index contributed by atoms with van der Waals surface area (Å²) >= 11 is 1.07. The Morgan fingerprint density at radius 2 is 2.12 bits per heavy atom. The fourth-order valence-electron chi connectivity index (χ4n) is 3.50. The van der Waals surface area contributed by atoms with E-state index in [0.29, 0.717) is 23.3 Å². The van der Waals surface area contributed by atoms with Gasteiger partial charge in [0.15, 0.2) is 11.0 Å². The summed E-state index contributed by atoms with van der Waals surface area (Å²) in [6, 6.07) is 6.71. The average molecular weight is 466 g/mol. The number of nitrogens with zero attached hydrogens (tertiary/aromatic N) is 5. The van der Waals surface area contributed by atoms with Crippen LogP contribution >= 0.6 is 11.8 Å². The van der Waals surface area contributed by atoms with Crippen molar-refractivity contribution in [3.05, 3.63) is 48.7 Å². The first-order chi connectivity index (χ1) is 15.3. The largest absolute Gasteiger partial charge is 0.467 e. The van der Waals surface area contributed by atoms with Crippen molar-refractivity contribution >= 4 is 17.7 Å². The Balaban J connectivity index is 1.54. The predicted octanol–water partition coefficient (Wildman–Crippen LogP) is 4.26. The first-order valence-electron chi connectivity index (χ1n) is 10.2. The Bertz CT molecular complexity index is 1040. The molecule has 11 heteroatoms. The summed E-state index contributed by atoms with van der Waals surface area (Å²) in [6.45, 7) is 0.751. The molecule has 1 unspecified atom stereocenters. The summed E-state index contributed by atoms with van der Waals surface area (Å²) in [5.74, 6) is 0.580. The molecule has 170 valence electrons. The lowest BCUT2D eigenvalue weighted by molar-refractivity contribution is -0.164. The maximum absolute atomic E-state index is 13.1. The highest BCUT2D eigenvalue weighted by atomic mass is 32.2. The summed E-state index contributed by atoms with van der Waals surface area (Å²) in [5.41, 5.74) is 0.728. The van der Waals surface area contributed by atoms with E-state index >= 15 is 0 Å². The van der Waals surface area contributed by atoms with Gasteiger partial charge in [0.1, 0.15) is 12.3 Å². The Morgan fingerprint density at radius 3 is 2.75 bits per heavy atom. The van der Waals surface area contributed by atoms with Crippen molar-refractivity contribution in [1.82, 2.24) is 24.6 Å². The van der Waals surface area contributed by atoms with Crippen molar-refractivity contribution in [3.63, 3.8) is 0 Å². The quantitative estimate of drug-likeness (QED) is 0.440. The molecule has 3 aromatic rings. The number of halogens is 3. The van der Waals surface area contributed by atoms with E-state index in [1.807, 2.05) is 6.07 Å². The molecule has 3 heterocycles. The minimum atomic E-state index is -4.45. The molecule has 1 saturated carbocycles. The number of rotatable bonds is 9. The molecule has 1 atom stereocenters. The number of pyridine rings is 1. The van der Waals surface area contributed by atoms with Crippen molar-refractivity contribution < 1.29 is 22.4 Å². The van der Waals surface area contributed by atoms with Crippen LogP contribution in [0.5, 0.6) is 0 Å². The molecule has 7 nitrogen and oxygen atoms in total. The third kappa shape index (κ3) is 5.50. The second-order valence-electron chi connectivity index (χ2n) is 7.72. The van der Waals surface area contributed by atoms with Gasteiger partial charge in [-0.3, -0.25) is 14.3 Å². The number of hydrogen-bond acceptors (Lipinski definition) is 6. The molecule has 4 rings (SSSR count). The van der Waals surface area contributed by atoms with Gasteiger partial charge in [0, 0.05) is 24.0 Å². The number of hydrogen-bond donors (Lipinski definition) is 0. The van der Waals surface area contributed by atoms with E-state index in [1.165, 1.54) is 0 Å². The summed E-state index contributed by atoms with van der Waals surface area (Å²) in [7, 11) is 0. The van der Waals surface area contributed by atoms with Gasteiger partial charge in [0.05, 0.1) is 18.6 Å². The van der Waals surface area contributed by atoms with Gasteiger partial charge < -0.3 is 9.32 Å². The molecular formula is C21H22F3N5O2S. The lowest BCUT2D eigenvalue weighted by Crippen LogP contribution is -2.46. The second-order valence-corrected chi connectivity index (χ2v) is 8.66. The van der Waals surface area contributed by atoms with Gasteiger partial charge in [0.2, 0.25) is 5.91 Å². The molecule has 3 aromatic heterocycles. The zero-order valence-corrected chi connectivity index (χ0v) is 18.1. The molecule has 1 aliphatic carbocycles. The molecule has 1 amide bonds. The van der Waals surface area contributed by atoms with Gasteiger partial charge in [-0.15, -0.1) is 10.2 Å². The highest BCUT2D eigenvalue weighted by molar-refractivity contribution is 7.99. The normalized spacial score (nSPS) is 15.0. The van der Waals surface area contributed by atoms with Crippen LogP contribution in [-0.2, 0) is 11.3 Å². The number of amides is 1. The van der Waals surface area contributed by atoms with Gasteiger partial charge in [-0.05, 0) is 49.9 Å². The predicted molar refractivity (Wildman–Crippen MR) is 112 cm³/mol. The number of thioether (sulfide) groups is 1. The van der Waals surface area contributed by atoms with Crippen molar-refractivity contribution in [3.8, 4) is 11.4 Å². The number of alkyl halides is 3. The number of carbonyl (C=O) groups excluding carboxylic acids is 1. The van der Waals surface area contributed by atoms with Crippen LogP contribution in [0.25, 0.3) is 11.4 Å². The van der Waals surface area contributed by atoms with Crippen molar-refractivity contribution in [1.29, 1.82) is 0 Å². The second kappa shape index (κ2) is 9.35. The van der Waals surface area contributed by atoms with Crippen LogP contribution in [0.1, 0.15) is 25.5 Å². The molecule has 0 spiro atoms. The smallest absolute Gasteiger partial charge is 0.406 e. The van der Waals surface area contributed by atoms with Gasteiger partial charge in [-0.25, -0.2) is 0 Å². The molecule has 32 heavy (non-hydrogen) atoms. The third-order valence-electron chi connectivity index (χ3n) is 5.32. The van der Waals surface area contributed by atoms with E-state index in [0.717, 1.165) is 35.1 Å². The summed E-state index contributed by atoms with van der Waals surface area (Å²) < 4.78 is 46.5. The van der Waals surface area contributed by atoms with E-state index in [4.69, 9.17) is 4.42 Å². The Kier molecular flexibility index (Phi) is 6.54. The van der Waals surface area contributed by atoms with Crippen molar-refractivity contribution in [2.75, 3.05) is 12.3 Å². The molecular weight excluding hydrogens is 443 g/mol. The first-order valence-corrected chi connectivity index (χ1v) is 11.2. The molecule has 0 saturated heterocycles. The van der Waals surface area contributed by atoms with E-state index in [2.05, 4.69) is 15.2 Å². The first kappa shape index (κ1) is 22.4. The number of furan rings is 1. The Morgan fingerprint density at radius 1 is 1.31 bits per heavy atom. The van der Waals surface area contributed by atoms with Crippen LogP contribution in [0.3, 0.4) is 0 Å². The van der Waals surface area contributed by atoms with Crippen LogP contribution in [0.2, 0.25) is 0 Å². The fraction of sp³-hybridized carbons (Fsp3) is 0.429. The Hall–Kier alpha value is -2.82. The summed E-state index contributed by atoms with van der Waals surface area (Å²) in [6.07, 6.45) is 2.08. The Labute approximate surface area is 187 Å². The van der Waals surface area contributed by atoms with E-state index in [-0.39, 0.29) is 11.7 Å². The van der Waals surface area contributed by atoms with E-state index in [1.54, 1.807) is 48.3 Å². The van der Waals surface area contributed by atoms with Gasteiger partial charge in [-0.1, -0.05) is 11.8 Å². The molecule has 0 N–H and O–H groups in total.